The fraction of sp³-hybridized carbons (Fsp3) is 0.444. The quantitative estimate of drug-likeness (QED) is 0.839. The predicted octanol–water partition coefficient (Wildman–Crippen LogP) is 1.82. The molecule has 1 amide bonds. The smallest absolute Gasteiger partial charge is 0.280 e. The summed E-state index contributed by atoms with van der Waals surface area (Å²) in [5.41, 5.74) is 1.77. The number of guanidine groups is 1. The first-order valence-electron chi connectivity index (χ1n) is 8.76. The van der Waals surface area contributed by atoms with Gasteiger partial charge >= 0.3 is 0 Å². The number of aryl methyl sites for hydroxylation is 1. The largest absolute Gasteiger partial charge is 0.318 e. The van der Waals surface area contributed by atoms with E-state index in [2.05, 4.69) is 9.88 Å². The van der Waals surface area contributed by atoms with E-state index in [1.54, 1.807) is 17.3 Å². The van der Waals surface area contributed by atoms with E-state index in [0.717, 1.165) is 36.0 Å². The molecule has 5 rings (SSSR count). The number of imidazole rings is 1. The molecule has 0 saturated heterocycles. The molecular weight excluding hydrogens is 316 g/mol. The molecule has 0 aromatic carbocycles. The third-order valence-corrected chi connectivity index (χ3v) is 5.54. The van der Waals surface area contributed by atoms with Crippen LogP contribution >= 0.6 is 0 Å². The fourth-order valence-electron chi connectivity index (χ4n) is 4.27. The van der Waals surface area contributed by atoms with E-state index in [0.29, 0.717) is 24.3 Å². The SMILES string of the molecule is Cc1nc2c(n1Cc1ccncc1)C(=O)N(C)C1=N[C@@H]3CCC[C@@H]3N12. The molecule has 0 spiro atoms. The molecule has 0 radical (unpaired) electrons. The van der Waals surface area contributed by atoms with E-state index in [9.17, 15) is 4.79 Å². The van der Waals surface area contributed by atoms with Crippen molar-refractivity contribution in [2.24, 2.45) is 4.99 Å². The Morgan fingerprint density at radius 1 is 1.24 bits per heavy atom. The van der Waals surface area contributed by atoms with E-state index >= 15 is 0 Å². The van der Waals surface area contributed by atoms with Gasteiger partial charge in [-0.25, -0.2) is 9.98 Å². The minimum absolute atomic E-state index is 0.0281. The Labute approximate surface area is 146 Å². The summed E-state index contributed by atoms with van der Waals surface area (Å²) < 4.78 is 2.02. The van der Waals surface area contributed by atoms with Crippen molar-refractivity contribution in [1.29, 1.82) is 0 Å². The number of carbonyl (C=O) groups is 1. The highest BCUT2D eigenvalue weighted by atomic mass is 16.2. The van der Waals surface area contributed by atoms with Gasteiger partial charge in [0.05, 0.1) is 12.1 Å². The van der Waals surface area contributed by atoms with Crippen molar-refractivity contribution in [2.45, 2.75) is 44.8 Å². The van der Waals surface area contributed by atoms with Gasteiger partial charge in [-0.05, 0) is 43.9 Å². The molecule has 1 saturated carbocycles. The number of hydrogen-bond acceptors (Lipinski definition) is 5. The van der Waals surface area contributed by atoms with E-state index in [1.165, 1.54) is 6.42 Å². The Morgan fingerprint density at radius 2 is 2.04 bits per heavy atom. The molecule has 2 aliphatic heterocycles. The first kappa shape index (κ1) is 14.6. The van der Waals surface area contributed by atoms with Gasteiger partial charge < -0.3 is 4.57 Å². The third kappa shape index (κ3) is 1.98. The van der Waals surface area contributed by atoms with Gasteiger partial charge in [-0.2, -0.15) is 0 Å². The molecule has 2 aromatic heterocycles. The van der Waals surface area contributed by atoms with Crippen LogP contribution in [0.25, 0.3) is 0 Å². The van der Waals surface area contributed by atoms with E-state index in [1.807, 2.05) is 30.7 Å². The number of aliphatic imine (C=N–C) groups is 1. The molecule has 0 unspecified atom stereocenters. The molecular formula is C18H20N6O. The lowest BCUT2D eigenvalue weighted by atomic mass is 10.1. The Balaban J connectivity index is 1.63. The maximum Gasteiger partial charge on any atom is 0.280 e. The molecule has 7 nitrogen and oxygen atoms in total. The highest BCUT2D eigenvalue weighted by molar-refractivity contribution is 6.18. The van der Waals surface area contributed by atoms with Crippen LogP contribution in [-0.4, -0.2) is 50.4 Å². The fourth-order valence-corrected chi connectivity index (χ4v) is 4.27. The lowest BCUT2D eigenvalue weighted by Crippen LogP contribution is -2.51. The van der Waals surface area contributed by atoms with Crippen LogP contribution in [0, 0.1) is 6.92 Å². The van der Waals surface area contributed by atoms with Crippen LogP contribution in [0.15, 0.2) is 29.5 Å². The number of pyridine rings is 1. The maximum absolute atomic E-state index is 13.0. The van der Waals surface area contributed by atoms with Gasteiger partial charge in [-0.3, -0.25) is 19.6 Å². The van der Waals surface area contributed by atoms with Gasteiger partial charge in [-0.1, -0.05) is 0 Å². The van der Waals surface area contributed by atoms with E-state index in [-0.39, 0.29) is 5.91 Å². The molecule has 3 aliphatic rings. The number of anilines is 1. The van der Waals surface area contributed by atoms with Crippen LogP contribution in [0.1, 0.15) is 41.1 Å². The van der Waals surface area contributed by atoms with Gasteiger partial charge in [0.1, 0.15) is 5.82 Å². The summed E-state index contributed by atoms with van der Waals surface area (Å²) in [6.45, 7) is 2.58. The zero-order chi connectivity index (χ0) is 17.1. The highest BCUT2D eigenvalue weighted by Gasteiger charge is 2.48. The lowest BCUT2D eigenvalue weighted by Gasteiger charge is -2.34. The number of rotatable bonds is 2. The van der Waals surface area contributed by atoms with Gasteiger partial charge in [0.2, 0.25) is 5.96 Å². The molecule has 2 aromatic rings. The summed E-state index contributed by atoms with van der Waals surface area (Å²) in [4.78, 5) is 30.6. The summed E-state index contributed by atoms with van der Waals surface area (Å²) in [5, 5.41) is 0. The monoisotopic (exact) mass is 336 g/mol. The summed E-state index contributed by atoms with van der Waals surface area (Å²) in [5.74, 6) is 2.37. The van der Waals surface area contributed by atoms with Crippen molar-refractivity contribution in [3.8, 4) is 0 Å². The van der Waals surface area contributed by atoms with Crippen molar-refractivity contribution < 1.29 is 4.79 Å². The number of aromatic nitrogens is 3. The topological polar surface area (TPSA) is 66.6 Å². The van der Waals surface area contributed by atoms with E-state index < -0.39 is 0 Å². The van der Waals surface area contributed by atoms with Crippen LogP contribution in [0.2, 0.25) is 0 Å². The minimum Gasteiger partial charge on any atom is -0.318 e. The summed E-state index contributed by atoms with van der Waals surface area (Å²) >= 11 is 0. The summed E-state index contributed by atoms with van der Waals surface area (Å²) in [6.07, 6.45) is 6.94. The lowest BCUT2D eigenvalue weighted by molar-refractivity contribution is 0.0854. The number of amides is 1. The Bertz CT molecular complexity index is 886. The molecule has 1 fully saturated rings. The Morgan fingerprint density at radius 3 is 2.84 bits per heavy atom. The maximum atomic E-state index is 13.0. The van der Waals surface area contributed by atoms with Crippen LogP contribution < -0.4 is 4.90 Å². The average Bonchev–Trinajstić information content (AvgIpc) is 3.27. The summed E-state index contributed by atoms with van der Waals surface area (Å²) in [7, 11) is 1.82. The molecule has 2 atom stereocenters. The number of carbonyl (C=O) groups excluding carboxylic acids is 1. The van der Waals surface area contributed by atoms with Crippen LogP contribution in [-0.2, 0) is 6.54 Å². The van der Waals surface area contributed by atoms with Crippen molar-refractivity contribution in [1.82, 2.24) is 19.4 Å². The zero-order valence-electron chi connectivity index (χ0n) is 14.4. The van der Waals surface area contributed by atoms with Crippen LogP contribution in [0.4, 0.5) is 5.82 Å². The van der Waals surface area contributed by atoms with Crippen molar-refractivity contribution in [3.63, 3.8) is 0 Å². The predicted molar refractivity (Wildman–Crippen MR) is 93.7 cm³/mol. The molecule has 4 heterocycles. The van der Waals surface area contributed by atoms with Gasteiger partial charge in [0.25, 0.3) is 5.91 Å². The third-order valence-electron chi connectivity index (χ3n) is 5.54. The highest BCUT2D eigenvalue weighted by Crippen LogP contribution is 2.40. The summed E-state index contributed by atoms with van der Waals surface area (Å²) in [6, 6.07) is 4.58. The molecule has 0 bridgehead atoms. The molecule has 7 heteroatoms. The molecule has 1 aliphatic carbocycles. The second-order valence-electron chi connectivity index (χ2n) is 7.00. The van der Waals surface area contributed by atoms with Gasteiger partial charge in [0.15, 0.2) is 11.5 Å². The molecule has 128 valence electrons. The number of hydrogen-bond donors (Lipinski definition) is 0. The Hall–Kier alpha value is -2.70. The zero-order valence-corrected chi connectivity index (χ0v) is 14.4. The van der Waals surface area contributed by atoms with Crippen molar-refractivity contribution in [2.75, 3.05) is 11.9 Å². The molecule has 0 N–H and O–H groups in total. The second kappa shape index (κ2) is 5.15. The van der Waals surface area contributed by atoms with Crippen molar-refractivity contribution >= 4 is 17.7 Å². The second-order valence-corrected chi connectivity index (χ2v) is 7.00. The Kier molecular flexibility index (Phi) is 3.01. The number of nitrogens with zero attached hydrogens (tertiary/aromatic N) is 6. The van der Waals surface area contributed by atoms with Gasteiger partial charge in [0, 0.05) is 26.0 Å². The number of fused-ring (bicyclic) bond motifs is 5. The first-order chi connectivity index (χ1) is 12.1. The average molecular weight is 336 g/mol. The van der Waals surface area contributed by atoms with Crippen LogP contribution in [0.5, 0.6) is 0 Å². The standard InChI is InChI=1S/C18H20N6O/c1-11-20-16-15(23(11)10-12-6-8-19-9-7-12)17(25)22(2)18-21-13-4-3-5-14(13)24(16)18/h6-9,13-14H,3-5,10H2,1-2H3/t13-,14+/m1/s1. The van der Waals surface area contributed by atoms with Crippen LogP contribution in [0.3, 0.4) is 0 Å². The van der Waals surface area contributed by atoms with Gasteiger partial charge in [-0.15, -0.1) is 0 Å². The minimum atomic E-state index is -0.0281. The van der Waals surface area contributed by atoms with E-state index in [4.69, 9.17) is 9.98 Å². The molecule has 25 heavy (non-hydrogen) atoms. The van der Waals surface area contributed by atoms with Crippen molar-refractivity contribution in [3.05, 3.63) is 41.6 Å². The normalized spacial score (nSPS) is 24.2. The first-order valence-corrected chi connectivity index (χ1v) is 8.76.